The van der Waals surface area contributed by atoms with E-state index in [0.717, 1.165) is 19.4 Å². The van der Waals surface area contributed by atoms with E-state index in [1.54, 1.807) is 36.1 Å². The Balaban J connectivity index is 0.00000280. The fourth-order valence-corrected chi connectivity index (χ4v) is 3.76. The number of nitrogens with one attached hydrogen (secondary N) is 2. The summed E-state index contributed by atoms with van der Waals surface area (Å²) in [6.07, 6.45) is 1.76. The van der Waals surface area contributed by atoms with Crippen molar-refractivity contribution >= 4 is 41.7 Å². The second-order valence-corrected chi connectivity index (χ2v) is 7.48. The van der Waals surface area contributed by atoms with Crippen LogP contribution < -0.4 is 10.6 Å². The van der Waals surface area contributed by atoms with E-state index >= 15 is 0 Å². The minimum Gasteiger partial charge on any atom is -0.341 e. The summed E-state index contributed by atoms with van der Waals surface area (Å²) in [5.74, 6) is -0.340. The van der Waals surface area contributed by atoms with Crippen molar-refractivity contribution in [2.24, 2.45) is 0 Å². The van der Waals surface area contributed by atoms with Gasteiger partial charge in [-0.25, -0.2) is 0 Å². The van der Waals surface area contributed by atoms with Gasteiger partial charge in [0.05, 0.1) is 6.54 Å². The molecule has 3 rings (SSSR count). The average molecular weight is 429 g/mol. The molecule has 2 aliphatic heterocycles. The minimum atomic E-state index is -0.634. The molecule has 0 saturated carbocycles. The molecule has 2 unspecified atom stereocenters. The molecule has 2 aliphatic rings. The zero-order valence-electron chi connectivity index (χ0n) is 15.8. The number of hydrogen-bond acceptors (Lipinski definition) is 4. The van der Waals surface area contributed by atoms with E-state index in [1.165, 1.54) is 0 Å². The molecule has 0 radical (unpaired) electrons. The molecule has 1 aromatic carbocycles. The Bertz CT molecular complexity index is 714. The lowest BCUT2D eigenvalue weighted by Crippen LogP contribution is -2.59. The summed E-state index contributed by atoms with van der Waals surface area (Å²) in [5, 5.41) is 6.37. The predicted octanol–water partition coefficient (Wildman–Crippen LogP) is 1.30. The number of likely N-dealkylation sites (tertiary alicyclic amines) is 1. The van der Waals surface area contributed by atoms with Crippen molar-refractivity contribution < 1.29 is 14.4 Å². The van der Waals surface area contributed by atoms with Crippen LogP contribution in [0.2, 0.25) is 5.02 Å². The van der Waals surface area contributed by atoms with Crippen LogP contribution in [-0.2, 0) is 9.59 Å². The lowest BCUT2D eigenvalue weighted by molar-refractivity contribution is -0.141. The van der Waals surface area contributed by atoms with Crippen molar-refractivity contribution in [1.82, 2.24) is 20.4 Å². The molecular weight excluding hydrogens is 403 g/mol. The summed E-state index contributed by atoms with van der Waals surface area (Å²) in [4.78, 5) is 40.9. The lowest BCUT2D eigenvalue weighted by Gasteiger charge is -2.41. The van der Waals surface area contributed by atoms with Crippen LogP contribution in [0.25, 0.3) is 0 Å². The van der Waals surface area contributed by atoms with Crippen molar-refractivity contribution in [2.45, 2.75) is 31.8 Å². The van der Waals surface area contributed by atoms with Crippen LogP contribution in [0.15, 0.2) is 24.3 Å². The van der Waals surface area contributed by atoms with Crippen LogP contribution in [0.3, 0.4) is 0 Å². The first kappa shape index (κ1) is 22.5. The molecule has 0 aromatic heterocycles. The summed E-state index contributed by atoms with van der Waals surface area (Å²) >= 11 is 5.84. The highest BCUT2D eigenvalue weighted by Gasteiger charge is 2.33. The van der Waals surface area contributed by atoms with Gasteiger partial charge < -0.3 is 20.4 Å². The van der Waals surface area contributed by atoms with Gasteiger partial charge in [0.15, 0.2) is 0 Å². The van der Waals surface area contributed by atoms with Gasteiger partial charge in [-0.15, -0.1) is 12.4 Å². The molecule has 7 nitrogen and oxygen atoms in total. The van der Waals surface area contributed by atoms with Crippen LogP contribution in [0, 0.1) is 0 Å². The van der Waals surface area contributed by atoms with Gasteiger partial charge in [0, 0.05) is 42.8 Å². The van der Waals surface area contributed by atoms with Crippen LogP contribution >= 0.6 is 24.0 Å². The van der Waals surface area contributed by atoms with Crippen LogP contribution in [0.4, 0.5) is 0 Å². The Morgan fingerprint density at radius 1 is 1.25 bits per heavy atom. The number of nitrogens with zero attached hydrogens (tertiary/aromatic N) is 2. The molecule has 9 heteroatoms. The summed E-state index contributed by atoms with van der Waals surface area (Å²) in [7, 11) is 0. The SMILES string of the molecule is CC(NC(=O)c1ccc(Cl)cc1)C(=O)N1CCCC(N2CCNCC2=O)C1.Cl. The molecule has 154 valence electrons. The largest absolute Gasteiger partial charge is 0.341 e. The third kappa shape index (κ3) is 5.37. The quantitative estimate of drug-likeness (QED) is 0.756. The second-order valence-electron chi connectivity index (χ2n) is 7.05. The fraction of sp³-hybridized carbons (Fsp3) is 0.526. The molecule has 2 saturated heterocycles. The van der Waals surface area contributed by atoms with Crippen molar-refractivity contribution in [3.8, 4) is 0 Å². The number of carbonyl (C=O) groups is 3. The van der Waals surface area contributed by atoms with Crippen molar-refractivity contribution in [3.63, 3.8) is 0 Å². The zero-order valence-corrected chi connectivity index (χ0v) is 17.4. The van der Waals surface area contributed by atoms with Gasteiger partial charge in [-0.2, -0.15) is 0 Å². The molecule has 0 bridgehead atoms. The van der Waals surface area contributed by atoms with Gasteiger partial charge in [-0.05, 0) is 44.0 Å². The molecule has 28 heavy (non-hydrogen) atoms. The lowest BCUT2D eigenvalue weighted by atomic mass is 10.0. The van der Waals surface area contributed by atoms with Gasteiger partial charge in [0.1, 0.15) is 6.04 Å². The van der Waals surface area contributed by atoms with E-state index in [0.29, 0.717) is 36.8 Å². The van der Waals surface area contributed by atoms with E-state index < -0.39 is 6.04 Å². The predicted molar refractivity (Wildman–Crippen MR) is 110 cm³/mol. The molecular formula is C19H26Cl2N4O3. The summed E-state index contributed by atoms with van der Waals surface area (Å²) in [6.45, 7) is 4.67. The summed E-state index contributed by atoms with van der Waals surface area (Å²) in [5.41, 5.74) is 0.460. The molecule has 2 heterocycles. The third-order valence-corrected chi connectivity index (χ3v) is 5.35. The van der Waals surface area contributed by atoms with Crippen molar-refractivity contribution in [3.05, 3.63) is 34.9 Å². The van der Waals surface area contributed by atoms with Crippen molar-refractivity contribution in [1.29, 1.82) is 0 Å². The maximum atomic E-state index is 12.8. The molecule has 1 aromatic rings. The number of hydrogen-bond donors (Lipinski definition) is 2. The highest BCUT2D eigenvalue weighted by Crippen LogP contribution is 2.18. The van der Waals surface area contributed by atoms with E-state index in [1.807, 2.05) is 4.90 Å². The Morgan fingerprint density at radius 3 is 2.64 bits per heavy atom. The maximum absolute atomic E-state index is 12.8. The van der Waals surface area contributed by atoms with Gasteiger partial charge in [0.25, 0.3) is 5.91 Å². The molecule has 3 amide bonds. The van der Waals surface area contributed by atoms with Crippen LogP contribution in [-0.4, -0.2) is 72.3 Å². The second kappa shape index (κ2) is 10.1. The molecule has 0 aliphatic carbocycles. The van der Waals surface area contributed by atoms with Gasteiger partial charge >= 0.3 is 0 Å². The van der Waals surface area contributed by atoms with Crippen LogP contribution in [0.1, 0.15) is 30.1 Å². The van der Waals surface area contributed by atoms with Gasteiger partial charge in [-0.3, -0.25) is 14.4 Å². The summed E-state index contributed by atoms with van der Waals surface area (Å²) < 4.78 is 0. The molecule has 2 atom stereocenters. The highest BCUT2D eigenvalue weighted by atomic mass is 35.5. The van der Waals surface area contributed by atoms with Crippen LogP contribution in [0.5, 0.6) is 0 Å². The minimum absolute atomic E-state index is 0. The first-order valence-electron chi connectivity index (χ1n) is 9.31. The Kier molecular flexibility index (Phi) is 8.10. The van der Waals surface area contributed by atoms with E-state index in [4.69, 9.17) is 11.6 Å². The first-order chi connectivity index (χ1) is 13.0. The maximum Gasteiger partial charge on any atom is 0.251 e. The number of amides is 3. The van der Waals surface area contributed by atoms with Gasteiger partial charge in [-0.1, -0.05) is 11.6 Å². The molecule has 2 N–H and O–H groups in total. The Hall–Kier alpha value is -1.83. The Morgan fingerprint density at radius 2 is 1.96 bits per heavy atom. The highest BCUT2D eigenvalue weighted by molar-refractivity contribution is 6.30. The number of rotatable bonds is 4. The average Bonchev–Trinajstić information content (AvgIpc) is 2.68. The number of halogens is 2. The first-order valence-corrected chi connectivity index (χ1v) is 9.69. The monoisotopic (exact) mass is 428 g/mol. The van der Waals surface area contributed by atoms with Gasteiger partial charge in [0.2, 0.25) is 11.8 Å². The Labute approximate surface area is 176 Å². The molecule has 2 fully saturated rings. The topological polar surface area (TPSA) is 81.8 Å². The normalized spacial score (nSPS) is 20.9. The number of carbonyl (C=O) groups excluding carboxylic acids is 3. The summed E-state index contributed by atoms with van der Waals surface area (Å²) in [6, 6.07) is 5.96. The number of piperazine rings is 1. The smallest absolute Gasteiger partial charge is 0.251 e. The van der Waals surface area contributed by atoms with E-state index in [2.05, 4.69) is 10.6 Å². The molecule has 0 spiro atoms. The number of piperidine rings is 1. The fourth-order valence-electron chi connectivity index (χ4n) is 3.63. The van der Waals surface area contributed by atoms with E-state index in [-0.39, 0.29) is 36.2 Å². The van der Waals surface area contributed by atoms with Crippen molar-refractivity contribution in [2.75, 3.05) is 32.7 Å². The zero-order chi connectivity index (χ0) is 19.4. The third-order valence-electron chi connectivity index (χ3n) is 5.10. The standard InChI is InChI=1S/C19H25ClN4O3.ClH/c1-13(22-18(26)14-4-6-15(20)7-5-14)19(27)23-9-2-3-16(12-23)24-10-8-21-11-17(24)25;/h4-7,13,16,21H,2-3,8-12H2,1H3,(H,22,26);1H. The number of benzene rings is 1. The van der Waals surface area contributed by atoms with E-state index in [9.17, 15) is 14.4 Å².